The molecule has 7 heteroatoms. The van der Waals surface area contributed by atoms with Crippen LogP contribution < -0.4 is 14.8 Å². The molecule has 136 valence electrons. The Morgan fingerprint density at radius 2 is 1.89 bits per heavy atom. The molecule has 0 aliphatic rings. The van der Waals surface area contributed by atoms with Crippen LogP contribution in [-0.2, 0) is 0 Å². The van der Waals surface area contributed by atoms with Gasteiger partial charge in [0.2, 0.25) is 0 Å². The molecule has 0 aliphatic carbocycles. The molecule has 3 aromatic rings. The van der Waals surface area contributed by atoms with Gasteiger partial charge < -0.3 is 14.8 Å². The summed E-state index contributed by atoms with van der Waals surface area (Å²) < 4.78 is 11.6. The van der Waals surface area contributed by atoms with Crippen LogP contribution in [0.15, 0.2) is 58.5 Å². The minimum absolute atomic E-state index is 0.467. The number of allylic oxidation sites excluding steroid dienone is 1. The van der Waals surface area contributed by atoms with Crippen molar-refractivity contribution in [3.05, 3.63) is 63.5 Å². The first-order valence-corrected chi connectivity index (χ1v) is 9.62. The maximum absolute atomic E-state index is 9.50. The summed E-state index contributed by atoms with van der Waals surface area (Å²) in [6.45, 7) is 0. The van der Waals surface area contributed by atoms with Gasteiger partial charge in [-0.3, -0.25) is 0 Å². The molecule has 1 aromatic heterocycles. The average molecular weight is 442 g/mol. The molecule has 5 nitrogen and oxygen atoms in total. The lowest BCUT2D eigenvalue weighted by Gasteiger charge is -2.08. The van der Waals surface area contributed by atoms with Crippen LogP contribution in [0.4, 0.5) is 5.69 Å². The number of nitrogens with zero attached hydrogens (tertiary/aromatic N) is 2. The Morgan fingerprint density at radius 3 is 2.56 bits per heavy atom. The summed E-state index contributed by atoms with van der Waals surface area (Å²) in [5.41, 5.74) is 3.03. The number of hydrogen-bond acceptors (Lipinski definition) is 6. The van der Waals surface area contributed by atoms with Crippen LogP contribution in [-0.4, -0.2) is 19.2 Å². The highest BCUT2D eigenvalue weighted by molar-refractivity contribution is 9.10. The molecule has 0 saturated heterocycles. The van der Waals surface area contributed by atoms with Gasteiger partial charge in [-0.1, -0.05) is 15.9 Å². The van der Waals surface area contributed by atoms with Crippen LogP contribution in [0.1, 0.15) is 5.01 Å². The number of hydrogen-bond donors (Lipinski definition) is 1. The van der Waals surface area contributed by atoms with E-state index >= 15 is 0 Å². The zero-order valence-corrected chi connectivity index (χ0v) is 17.1. The van der Waals surface area contributed by atoms with E-state index in [1.54, 1.807) is 20.4 Å². The Balaban J connectivity index is 1.84. The van der Waals surface area contributed by atoms with E-state index in [-0.39, 0.29) is 0 Å². The Bertz CT molecular complexity index is 1010. The zero-order chi connectivity index (χ0) is 19.2. The Morgan fingerprint density at radius 1 is 1.15 bits per heavy atom. The maximum Gasteiger partial charge on any atom is 0.161 e. The number of halogens is 1. The molecular formula is C20H16BrN3O2S. The van der Waals surface area contributed by atoms with Gasteiger partial charge >= 0.3 is 0 Å². The Labute approximate surface area is 170 Å². The molecule has 1 N–H and O–H groups in total. The van der Waals surface area contributed by atoms with Crippen LogP contribution in [0.2, 0.25) is 0 Å². The summed E-state index contributed by atoms with van der Waals surface area (Å²) in [5.74, 6) is 1.30. The van der Waals surface area contributed by atoms with Crippen LogP contribution >= 0.6 is 27.3 Å². The fraction of sp³-hybridized carbons (Fsp3) is 0.100. The molecule has 2 aromatic carbocycles. The van der Waals surface area contributed by atoms with E-state index in [4.69, 9.17) is 9.47 Å². The molecule has 0 unspecified atom stereocenters. The summed E-state index contributed by atoms with van der Waals surface area (Å²) in [4.78, 5) is 4.59. The van der Waals surface area contributed by atoms with Crippen LogP contribution in [0.3, 0.4) is 0 Å². The minimum atomic E-state index is 0.467. The quantitative estimate of drug-likeness (QED) is 0.506. The standard InChI is InChI=1S/C20H16BrN3O2S/c1-25-18-8-3-13(9-19(18)26-2)17-12-27-20(24-17)14(10-22)11-23-16-6-4-15(21)5-7-16/h3-9,11-12,23H,1-2H3. The summed E-state index contributed by atoms with van der Waals surface area (Å²) >= 11 is 4.82. The van der Waals surface area contributed by atoms with Crippen molar-refractivity contribution in [2.24, 2.45) is 0 Å². The van der Waals surface area contributed by atoms with Gasteiger partial charge in [-0.2, -0.15) is 5.26 Å². The second kappa shape index (κ2) is 8.71. The first kappa shape index (κ1) is 19.0. The molecule has 0 fully saturated rings. The van der Waals surface area contributed by atoms with Gasteiger partial charge in [0.15, 0.2) is 11.5 Å². The monoisotopic (exact) mass is 441 g/mol. The Kier molecular flexibility index (Phi) is 6.12. The molecule has 0 atom stereocenters. The van der Waals surface area contributed by atoms with Crippen LogP contribution in [0.25, 0.3) is 16.8 Å². The second-order valence-corrected chi connectivity index (χ2v) is 7.20. The smallest absolute Gasteiger partial charge is 0.161 e. The molecule has 27 heavy (non-hydrogen) atoms. The highest BCUT2D eigenvalue weighted by Gasteiger charge is 2.11. The highest BCUT2D eigenvalue weighted by atomic mass is 79.9. The third-order valence-electron chi connectivity index (χ3n) is 3.76. The van der Waals surface area contributed by atoms with Gasteiger partial charge in [0, 0.05) is 27.3 Å². The lowest BCUT2D eigenvalue weighted by molar-refractivity contribution is 0.355. The molecule has 0 spiro atoms. The summed E-state index contributed by atoms with van der Waals surface area (Å²) in [7, 11) is 3.19. The van der Waals surface area contributed by atoms with Crippen LogP contribution in [0, 0.1) is 11.3 Å². The third kappa shape index (κ3) is 4.48. The number of aromatic nitrogens is 1. The van der Waals surface area contributed by atoms with Gasteiger partial charge in [-0.15, -0.1) is 11.3 Å². The van der Waals surface area contributed by atoms with E-state index in [1.165, 1.54) is 11.3 Å². The summed E-state index contributed by atoms with van der Waals surface area (Å²) in [6, 6.07) is 15.5. The van der Waals surface area contributed by atoms with E-state index in [9.17, 15) is 5.26 Å². The van der Waals surface area contributed by atoms with E-state index in [0.717, 1.165) is 21.4 Å². The molecule has 0 bridgehead atoms. The minimum Gasteiger partial charge on any atom is -0.493 e. The molecule has 0 radical (unpaired) electrons. The Hall–Kier alpha value is -2.82. The summed E-state index contributed by atoms with van der Waals surface area (Å²) in [5, 5.41) is 15.2. The van der Waals surface area contributed by atoms with Crippen molar-refractivity contribution < 1.29 is 9.47 Å². The number of methoxy groups -OCH3 is 2. The first-order valence-electron chi connectivity index (χ1n) is 7.95. The van der Waals surface area contributed by atoms with Gasteiger partial charge in [0.05, 0.1) is 19.9 Å². The molecule has 3 rings (SSSR count). The molecule has 0 saturated carbocycles. The van der Waals surface area contributed by atoms with Crippen molar-refractivity contribution >= 4 is 38.5 Å². The fourth-order valence-electron chi connectivity index (χ4n) is 2.37. The largest absolute Gasteiger partial charge is 0.493 e. The highest BCUT2D eigenvalue weighted by Crippen LogP contribution is 2.33. The van der Waals surface area contributed by atoms with Crippen molar-refractivity contribution in [2.45, 2.75) is 0 Å². The van der Waals surface area contributed by atoms with E-state index in [1.807, 2.05) is 47.8 Å². The van der Waals surface area contributed by atoms with Gasteiger partial charge in [-0.25, -0.2) is 4.98 Å². The van der Waals surface area contributed by atoms with Crippen molar-refractivity contribution in [3.63, 3.8) is 0 Å². The number of benzene rings is 2. The number of anilines is 1. The van der Waals surface area contributed by atoms with Crippen molar-refractivity contribution in [3.8, 4) is 28.8 Å². The average Bonchev–Trinajstić information content (AvgIpc) is 3.19. The van der Waals surface area contributed by atoms with Crippen molar-refractivity contribution in [1.82, 2.24) is 4.98 Å². The van der Waals surface area contributed by atoms with Crippen LogP contribution in [0.5, 0.6) is 11.5 Å². The number of ether oxygens (including phenoxy) is 2. The van der Waals surface area contributed by atoms with Crippen molar-refractivity contribution in [1.29, 1.82) is 5.26 Å². The number of nitrogens with one attached hydrogen (secondary N) is 1. The predicted octanol–water partition coefficient (Wildman–Crippen LogP) is 5.57. The normalized spacial score (nSPS) is 11.0. The third-order valence-corrected chi connectivity index (χ3v) is 5.17. The molecule has 1 heterocycles. The maximum atomic E-state index is 9.50. The zero-order valence-electron chi connectivity index (χ0n) is 14.7. The number of rotatable bonds is 6. The topological polar surface area (TPSA) is 67.2 Å². The first-order chi connectivity index (χ1) is 13.1. The molecule has 0 amide bonds. The number of nitriles is 1. The lowest BCUT2D eigenvalue weighted by Crippen LogP contribution is -1.92. The summed E-state index contributed by atoms with van der Waals surface area (Å²) in [6.07, 6.45) is 1.67. The molecular weight excluding hydrogens is 426 g/mol. The van der Waals surface area contributed by atoms with E-state index < -0.39 is 0 Å². The van der Waals surface area contributed by atoms with Gasteiger partial charge in [0.1, 0.15) is 16.6 Å². The van der Waals surface area contributed by atoms with Gasteiger partial charge in [0.25, 0.3) is 0 Å². The molecule has 0 aliphatic heterocycles. The van der Waals surface area contributed by atoms with Crippen molar-refractivity contribution in [2.75, 3.05) is 19.5 Å². The second-order valence-electron chi connectivity index (χ2n) is 5.43. The lowest BCUT2D eigenvalue weighted by atomic mass is 10.1. The number of thiazole rings is 1. The SMILES string of the molecule is COc1ccc(-c2csc(C(C#N)=CNc3ccc(Br)cc3)n2)cc1OC. The predicted molar refractivity (Wildman–Crippen MR) is 112 cm³/mol. The fourth-order valence-corrected chi connectivity index (χ4v) is 3.43. The van der Waals surface area contributed by atoms with Gasteiger partial charge in [-0.05, 0) is 42.5 Å². The van der Waals surface area contributed by atoms with E-state index in [0.29, 0.717) is 22.1 Å². The van der Waals surface area contributed by atoms with E-state index in [2.05, 4.69) is 32.3 Å².